The standard InChI is InChI=1S/C19H15ClFN7O/c1-11-17-23-24-18(14-3-2-6-22-16(14)21)27(17)8-7-26(11)19(29)15-9-13-5-4-12(20)10-28(13)25-15/h2-6,9-11H,7-8H2,1H3. The average molecular weight is 412 g/mol. The average Bonchev–Trinajstić information content (AvgIpc) is 3.32. The summed E-state index contributed by atoms with van der Waals surface area (Å²) >= 11 is 5.99. The largest absolute Gasteiger partial charge is 0.325 e. The van der Waals surface area contributed by atoms with Gasteiger partial charge in [0, 0.05) is 25.5 Å². The van der Waals surface area contributed by atoms with E-state index in [1.807, 2.05) is 11.5 Å². The number of hydrogen-bond acceptors (Lipinski definition) is 5. The SMILES string of the molecule is CC1c2nnc(-c3cccnc3F)n2CCN1C(=O)c1cc2ccc(Cl)cn2n1. The highest BCUT2D eigenvalue weighted by atomic mass is 35.5. The molecule has 0 N–H and O–H groups in total. The lowest BCUT2D eigenvalue weighted by Gasteiger charge is -2.33. The van der Waals surface area contributed by atoms with Crippen LogP contribution in [0.2, 0.25) is 5.02 Å². The Morgan fingerprint density at radius 2 is 2.10 bits per heavy atom. The first-order valence-electron chi connectivity index (χ1n) is 9.03. The molecule has 0 spiro atoms. The van der Waals surface area contributed by atoms with E-state index in [0.29, 0.717) is 35.5 Å². The van der Waals surface area contributed by atoms with Crippen LogP contribution in [0.15, 0.2) is 42.7 Å². The number of fused-ring (bicyclic) bond motifs is 2. The van der Waals surface area contributed by atoms with Crippen LogP contribution in [-0.4, -0.2) is 46.7 Å². The first-order chi connectivity index (χ1) is 14.0. The van der Waals surface area contributed by atoms with Crippen molar-refractivity contribution < 1.29 is 9.18 Å². The van der Waals surface area contributed by atoms with Gasteiger partial charge in [-0.15, -0.1) is 10.2 Å². The molecule has 0 saturated carbocycles. The van der Waals surface area contributed by atoms with Crippen molar-refractivity contribution in [3.63, 3.8) is 0 Å². The van der Waals surface area contributed by atoms with Gasteiger partial charge in [0.1, 0.15) is 0 Å². The number of amides is 1. The number of hydrogen-bond donors (Lipinski definition) is 0. The number of pyridine rings is 2. The molecule has 29 heavy (non-hydrogen) atoms. The first kappa shape index (κ1) is 17.7. The lowest BCUT2D eigenvalue weighted by Crippen LogP contribution is -2.41. The maximum atomic E-state index is 14.1. The molecular weight excluding hydrogens is 397 g/mol. The Bertz CT molecular complexity index is 1250. The Kier molecular flexibility index (Phi) is 4.06. The third-order valence-corrected chi connectivity index (χ3v) is 5.31. The molecule has 0 bridgehead atoms. The van der Waals surface area contributed by atoms with E-state index in [9.17, 15) is 9.18 Å². The molecule has 1 aliphatic rings. The molecule has 0 aromatic carbocycles. The Morgan fingerprint density at radius 3 is 2.93 bits per heavy atom. The zero-order valence-electron chi connectivity index (χ0n) is 15.3. The predicted octanol–water partition coefficient (Wildman–Crippen LogP) is 3.00. The van der Waals surface area contributed by atoms with E-state index >= 15 is 0 Å². The van der Waals surface area contributed by atoms with E-state index in [1.54, 1.807) is 45.9 Å². The highest BCUT2D eigenvalue weighted by Gasteiger charge is 2.33. The summed E-state index contributed by atoms with van der Waals surface area (Å²) in [4.78, 5) is 18.5. The van der Waals surface area contributed by atoms with Gasteiger partial charge in [-0.1, -0.05) is 11.6 Å². The van der Waals surface area contributed by atoms with Gasteiger partial charge < -0.3 is 9.47 Å². The van der Waals surface area contributed by atoms with Crippen molar-refractivity contribution in [3.05, 3.63) is 65.2 Å². The van der Waals surface area contributed by atoms with Crippen molar-refractivity contribution in [2.24, 2.45) is 0 Å². The third-order valence-electron chi connectivity index (χ3n) is 5.09. The monoisotopic (exact) mass is 411 g/mol. The van der Waals surface area contributed by atoms with E-state index in [1.165, 1.54) is 6.20 Å². The number of carbonyl (C=O) groups excluding carboxylic acids is 1. The van der Waals surface area contributed by atoms with Gasteiger partial charge in [0.05, 0.1) is 22.1 Å². The van der Waals surface area contributed by atoms with Crippen LogP contribution in [0, 0.1) is 5.95 Å². The highest BCUT2D eigenvalue weighted by Crippen LogP contribution is 2.30. The van der Waals surface area contributed by atoms with Crippen LogP contribution >= 0.6 is 11.6 Å². The number of nitrogens with zero attached hydrogens (tertiary/aromatic N) is 7. The summed E-state index contributed by atoms with van der Waals surface area (Å²) < 4.78 is 17.5. The fourth-order valence-electron chi connectivity index (χ4n) is 3.63. The molecule has 146 valence electrons. The number of aromatic nitrogens is 6. The molecule has 0 fully saturated rings. The molecule has 5 rings (SSSR count). The second-order valence-corrected chi connectivity index (χ2v) is 7.23. The molecule has 10 heteroatoms. The maximum Gasteiger partial charge on any atom is 0.275 e. The van der Waals surface area contributed by atoms with Crippen LogP contribution < -0.4 is 0 Å². The molecule has 1 unspecified atom stereocenters. The number of carbonyl (C=O) groups is 1. The van der Waals surface area contributed by atoms with Crippen molar-refractivity contribution in [1.29, 1.82) is 0 Å². The fourth-order valence-corrected chi connectivity index (χ4v) is 3.78. The van der Waals surface area contributed by atoms with E-state index in [4.69, 9.17) is 11.6 Å². The Morgan fingerprint density at radius 1 is 1.24 bits per heavy atom. The van der Waals surface area contributed by atoms with Crippen LogP contribution in [0.4, 0.5) is 4.39 Å². The van der Waals surface area contributed by atoms with Crippen molar-refractivity contribution in [2.75, 3.05) is 6.54 Å². The molecule has 1 atom stereocenters. The molecular formula is C19H15ClFN7O. The van der Waals surface area contributed by atoms with Gasteiger partial charge >= 0.3 is 0 Å². The summed E-state index contributed by atoms with van der Waals surface area (Å²) in [5, 5.41) is 13.2. The minimum atomic E-state index is -0.600. The van der Waals surface area contributed by atoms with Gasteiger partial charge in [-0.25, -0.2) is 9.50 Å². The minimum Gasteiger partial charge on any atom is -0.325 e. The van der Waals surface area contributed by atoms with Crippen LogP contribution in [0.25, 0.3) is 16.9 Å². The fraction of sp³-hybridized carbons (Fsp3) is 0.211. The molecule has 1 amide bonds. The van der Waals surface area contributed by atoms with E-state index in [2.05, 4.69) is 20.3 Å². The van der Waals surface area contributed by atoms with Crippen LogP contribution in [0.5, 0.6) is 0 Å². The maximum absolute atomic E-state index is 14.1. The van der Waals surface area contributed by atoms with Crippen molar-refractivity contribution >= 4 is 23.0 Å². The second kappa shape index (κ2) is 6.63. The highest BCUT2D eigenvalue weighted by molar-refractivity contribution is 6.30. The summed E-state index contributed by atoms with van der Waals surface area (Å²) in [6, 6.07) is 8.20. The molecule has 0 radical (unpaired) electrons. The van der Waals surface area contributed by atoms with Gasteiger partial charge in [0.2, 0.25) is 5.95 Å². The molecule has 0 aliphatic carbocycles. The number of halogens is 2. The Hall–Kier alpha value is -3.33. The van der Waals surface area contributed by atoms with E-state index in [0.717, 1.165) is 5.52 Å². The van der Waals surface area contributed by atoms with Crippen LogP contribution in [0.3, 0.4) is 0 Å². The quantitative estimate of drug-likeness (QED) is 0.474. The van der Waals surface area contributed by atoms with Gasteiger partial charge in [0.25, 0.3) is 5.91 Å². The topological polar surface area (TPSA) is 81.2 Å². The van der Waals surface area contributed by atoms with E-state index in [-0.39, 0.29) is 17.5 Å². The summed E-state index contributed by atoms with van der Waals surface area (Å²) in [6.45, 7) is 2.74. The minimum absolute atomic E-state index is 0.208. The lowest BCUT2D eigenvalue weighted by atomic mass is 10.1. The molecule has 0 saturated heterocycles. The Labute approximate surface area is 169 Å². The van der Waals surface area contributed by atoms with Crippen molar-refractivity contribution in [1.82, 2.24) is 34.3 Å². The zero-order valence-corrected chi connectivity index (χ0v) is 16.1. The zero-order chi connectivity index (χ0) is 20.1. The van der Waals surface area contributed by atoms with Gasteiger partial charge in [-0.2, -0.15) is 9.49 Å². The summed E-state index contributed by atoms with van der Waals surface area (Å²) in [5.41, 5.74) is 1.39. The van der Waals surface area contributed by atoms with Crippen molar-refractivity contribution in [2.45, 2.75) is 19.5 Å². The summed E-state index contributed by atoms with van der Waals surface area (Å²) in [7, 11) is 0. The lowest BCUT2D eigenvalue weighted by molar-refractivity contribution is 0.0632. The van der Waals surface area contributed by atoms with Gasteiger partial charge in [0.15, 0.2) is 17.3 Å². The van der Waals surface area contributed by atoms with Gasteiger partial charge in [-0.3, -0.25) is 4.79 Å². The summed E-state index contributed by atoms with van der Waals surface area (Å²) in [5.74, 6) is 0.194. The molecule has 4 aromatic heterocycles. The smallest absolute Gasteiger partial charge is 0.275 e. The normalized spacial score (nSPS) is 16.2. The third kappa shape index (κ3) is 2.85. The molecule has 1 aliphatic heterocycles. The Balaban J connectivity index is 1.47. The number of rotatable bonds is 2. The van der Waals surface area contributed by atoms with Crippen LogP contribution in [-0.2, 0) is 6.54 Å². The first-order valence-corrected chi connectivity index (χ1v) is 9.40. The predicted molar refractivity (Wildman–Crippen MR) is 103 cm³/mol. The molecule has 4 aromatic rings. The summed E-state index contributed by atoms with van der Waals surface area (Å²) in [6.07, 6.45) is 3.04. The van der Waals surface area contributed by atoms with Gasteiger partial charge in [-0.05, 0) is 37.3 Å². The molecule has 5 heterocycles. The second-order valence-electron chi connectivity index (χ2n) is 6.80. The molecule has 8 nitrogen and oxygen atoms in total. The van der Waals surface area contributed by atoms with Crippen LogP contribution in [0.1, 0.15) is 29.3 Å². The van der Waals surface area contributed by atoms with Crippen molar-refractivity contribution in [3.8, 4) is 11.4 Å². The van der Waals surface area contributed by atoms with E-state index < -0.39 is 5.95 Å².